The molecule has 0 bridgehead atoms. The molecule has 1 heterocycles. The number of rotatable bonds is 8. The van der Waals surface area contributed by atoms with Gasteiger partial charge in [0.25, 0.3) is 0 Å². The summed E-state index contributed by atoms with van der Waals surface area (Å²) in [5.41, 5.74) is 2.52. The fourth-order valence-electron chi connectivity index (χ4n) is 4.70. The van der Waals surface area contributed by atoms with Crippen LogP contribution in [0.4, 0.5) is 0 Å². The van der Waals surface area contributed by atoms with Crippen LogP contribution in [0.5, 0.6) is 11.5 Å². The lowest BCUT2D eigenvalue weighted by Crippen LogP contribution is -2.43. The molecule has 4 heteroatoms. The summed E-state index contributed by atoms with van der Waals surface area (Å²) >= 11 is 0. The van der Waals surface area contributed by atoms with Crippen LogP contribution in [0.3, 0.4) is 0 Å². The van der Waals surface area contributed by atoms with Crippen molar-refractivity contribution in [1.29, 1.82) is 0 Å². The maximum Gasteiger partial charge on any atom is 0.124 e. The fraction of sp³-hybridized carbons (Fsp3) is 0.538. The number of fused-ring (bicyclic) bond motifs is 1. The minimum absolute atomic E-state index is 0.151. The minimum Gasteiger partial charge on any atom is -0.490 e. The molecule has 0 spiro atoms. The van der Waals surface area contributed by atoms with Crippen molar-refractivity contribution in [3.05, 3.63) is 59.7 Å². The van der Waals surface area contributed by atoms with Gasteiger partial charge in [0, 0.05) is 19.2 Å². The molecule has 2 unspecified atom stereocenters. The Morgan fingerprint density at radius 1 is 1.03 bits per heavy atom. The highest BCUT2D eigenvalue weighted by atomic mass is 16.5. The summed E-state index contributed by atoms with van der Waals surface area (Å²) in [4.78, 5) is 0. The summed E-state index contributed by atoms with van der Waals surface area (Å²) in [6.45, 7) is 3.00. The lowest BCUT2D eigenvalue weighted by molar-refractivity contribution is 0.120. The second-order valence-corrected chi connectivity index (χ2v) is 8.64. The zero-order chi connectivity index (χ0) is 20.8. The number of aryl methyl sites for hydroxylation is 1. The predicted octanol–water partition coefficient (Wildman–Crippen LogP) is 5.46. The lowest BCUT2D eigenvalue weighted by atomic mass is 9.92. The number of hydrogen-bond donors (Lipinski definition) is 1. The highest BCUT2D eigenvalue weighted by Gasteiger charge is 2.25. The zero-order valence-electron chi connectivity index (χ0n) is 18.3. The quantitative estimate of drug-likeness (QED) is 0.629. The maximum absolute atomic E-state index is 6.35. The molecule has 162 valence electrons. The van der Waals surface area contributed by atoms with Crippen molar-refractivity contribution in [2.75, 3.05) is 13.7 Å². The minimum atomic E-state index is 0.151. The van der Waals surface area contributed by atoms with Crippen molar-refractivity contribution >= 4 is 0 Å². The van der Waals surface area contributed by atoms with Gasteiger partial charge < -0.3 is 19.5 Å². The van der Waals surface area contributed by atoms with Crippen LogP contribution in [0.15, 0.2) is 48.5 Å². The number of nitrogens with one attached hydrogen (secondary N) is 1. The molecule has 1 aliphatic carbocycles. The molecule has 0 saturated heterocycles. The second-order valence-electron chi connectivity index (χ2n) is 8.64. The molecule has 1 N–H and O–H groups in total. The van der Waals surface area contributed by atoms with E-state index in [0.29, 0.717) is 18.2 Å². The van der Waals surface area contributed by atoms with Crippen LogP contribution in [0, 0.1) is 0 Å². The largest absolute Gasteiger partial charge is 0.490 e. The fourth-order valence-corrected chi connectivity index (χ4v) is 4.70. The number of hydrogen-bond acceptors (Lipinski definition) is 4. The third-order valence-corrected chi connectivity index (χ3v) is 6.46. The molecule has 0 amide bonds. The Labute approximate surface area is 180 Å². The van der Waals surface area contributed by atoms with Gasteiger partial charge in [-0.2, -0.15) is 0 Å². The van der Waals surface area contributed by atoms with Gasteiger partial charge in [0.2, 0.25) is 0 Å². The van der Waals surface area contributed by atoms with E-state index in [0.717, 1.165) is 63.1 Å². The Bertz CT molecular complexity index is 786. The molecule has 1 saturated carbocycles. The van der Waals surface area contributed by atoms with Crippen LogP contribution in [-0.2, 0) is 11.2 Å². The Hall–Kier alpha value is -2.04. The average Bonchev–Trinajstić information content (AvgIpc) is 2.80. The molecule has 1 aliphatic heterocycles. The first kappa shape index (κ1) is 21.2. The van der Waals surface area contributed by atoms with Gasteiger partial charge in [-0.25, -0.2) is 0 Å². The first-order valence-electron chi connectivity index (χ1n) is 11.5. The molecule has 2 atom stereocenters. The molecule has 2 aromatic carbocycles. The first-order valence-corrected chi connectivity index (χ1v) is 11.5. The predicted molar refractivity (Wildman–Crippen MR) is 120 cm³/mol. The molecule has 4 rings (SSSR count). The summed E-state index contributed by atoms with van der Waals surface area (Å²) in [7, 11) is 1.78. The van der Waals surface area contributed by atoms with E-state index in [-0.39, 0.29) is 6.10 Å². The van der Waals surface area contributed by atoms with Crippen molar-refractivity contribution < 1.29 is 14.2 Å². The van der Waals surface area contributed by atoms with Crippen molar-refractivity contribution in [1.82, 2.24) is 5.32 Å². The van der Waals surface area contributed by atoms with Crippen molar-refractivity contribution in [2.45, 2.75) is 76.2 Å². The SMILES string of the molecule is CCC(COC)NC1CCC(Oc2ccc3c(c2)CCC(c2ccccc2)O3)CC1. The van der Waals surface area contributed by atoms with E-state index in [2.05, 4.69) is 60.8 Å². The summed E-state index contributed by atoms with van der Waals surface area (Å²) in [6, 6.07) is 17.9. The van der Waals surface area contributed by atoms with Gasteiger partial charge in [0.1, 0.15) is 17.6 Å². The van der Waals surface area contributed by atoms with Crippen LogP contribution >= 0.6 is 0 Å². The van der Waals surface area contributed by atoms with E-state index in [9.17, 15) is 0 Å². The van der Waals surface area contributed by atoms with E-state index in [1.54, 1.807) is 7.11 Å². The molecule has 30 heavy (non-hydrogen) atoms. The van der Waals surface area contributed by atoms with Crippen molar-refractivity contribution in [3.63, 3.8) is 0 Å². The van der Waals surface area contributed by atoms with E-state index in [1.807, 2.05) is 0 Å². The Morgan fingerprint density at radius 2 is 1.83 bits per heavy atom. The third kappa shape index (κ3) is 5.35. The summed E-state index contributed by atoms with van der Waals surface area (Å²) in [6.07, 6.45) is 8.14. The number of ether oxygens (including phenoxy) is 3. The Morgan fingerprint density at radius 3 is 2.57 bits per heavy atom. The summed E-state index contributed by atoms with van der Waals surface area (Å²) in [5.74, 6) is 1.98. The Kier molecular flexibility index (Phi) is 7.29. The normalized spacial score (nSPS) is 24.5. The van der Waals surface area contributed by atoms with Crippen LogP contribution in [0.25, 0.3) is 0 Å². The Balaban J connectivity index is 1.29. The van der Waals surface area contributed by atoms with Crippen LogP contribution in [0.1, 0.15) is 62.7 Å². The zero-order valence-corrected chi connectivity index (χ0v) is 18.3. The molecule has 2 aromatic rings. The summed E-state index contributed by atoms with van der Waals surface area (Å²) < 4.78 is 17.9. The van der Waals surface area contributed by atoms with E-state index in [4.69, 9.17) is 14.2 Å². The van der Waals surface area contributed by atoms with E-state index >= 15 is 0 Å². The first-order chi connectivity index (χ1) is 14.7. The van der Waals surface area contributed by atoms with Gasteiger partial charge in [-0.3, -0.25) is 0 Å². The molecular formula is C26H35NO3. The van der Waals surface area contributed by atoms with Crippen LogP contribution < -0.4 is 14.8 Å². The smallest absolute Gasteiger partial charge is 0.124 e. The highest BCUT2D eigenvalue weighted by Crippen LogP contribution is 2.37. The van der Waals surface area contributed by atoms with Crippen LogP contribution in [0.2, 0.25) is 0 Å². The van der Waals surface area contributed by atoms with Crippen molar-refractivity contribution in [3.8, 4) is 11.5 Å². The molecular weight excluding hydrogens is 374 g/mol. The van der Waals surface area contributed by atoms with Gasteiger partial charge in [0.05, 0.1) is 12.7 Å². The van der Waals surface area contributed by atoms with Gasteiger partial charge >= 0.3 is 0 Å². The standard InChI is InChI=1S/C26H35NO3/c1-3-21(18-28-2)27-22-10-12-23(13-11-22)29-24-14-16-26-20(17-24)9-15-25(30-26)19-7-5-4-6-8-19/h4-8,14,16-17,21-23,25,27H,3,9-13,15,18H2,1-2H3. The monoisotopic (exact) mass is 409 g/mol. The number of methoxy groups -OCH3 is 1. The van der Waals surface area contributed by atoms with Crippen LogP contribution in [-0.4, -0.2) is 31.9 Å². The molecule has 0 aromatic heterocycles. The van der Waals surface area contributed by atoms with E-state index < -0.39 is 0 Å². The maximum atomic E-state index is 6.35. The highest BCUT2D eigenvalue weighted by molar-refractivity contribution is 5.42. The molecule has 0 radical (unpaired) electrons. The van der Waals surface area contributed by atoms with Gasteiger partial charge in [-0.05, 0) is 74.3 Å². The van der Waals surface area contributed by atoms with E-state index in [1.165, 1.54) is 11.1 Å². The third-order valence-electron chi connectivity index (χ3n) is 6.46. The average molecular weight is 410 g/mol. The topological polar surface area (TPSA) is 39.7 Å². The van der Waals surface area contributed by atoms with Crippen molar-refractivity contribution in [2.24, 2.45) is 0 Å². The molecule has 4 nitrogen and oxygen atoms in total. The van der Waals surface area contributed by atoms with Gasteiger partial charge in [-0.15, -0.1) is 0 Å². The molecule has 2 aliphatic rings. The van der Waals surface area contributed by atoms with Gasteiger partial charge in [-0.1, -0.05) is 37.3 Å². The number of benzene rings is 2. The van der Waals surface area contributed by atoms with Gasteiger partial charge in [0.15, 0.2) is 0 Å². The summed E-state index contributed by atoms with van der Waals surface area (Å²) in [5, 5.41) is 3.75. The second kappa shape index (κ2) is 10.3. The lowest BCUT2D eigenvalue weighted by Gasteiger charge is -2.32. The molecule has 1 fully saturated rings.